The molecule has 0 aliphatic carbocycles. The van der Waals surface area contributed by atoms with Crippen molar-refractivity contribution in [1.29, 1.82) is 0 Å². The quantitative estimate of drug-likeness (QED) is 0.493. The van der Waals surface area contributed by atoms with Crippen molar-refractivity contribution in [2.75, 3.05) is 14.2 Å². The van der Waals surface area contributed by atoms with Crippen molar-refractivity contribution in [2.45, 2.75) is 12.5 Å². The van der Waals surface area contributed by atoms with Gasteiger partial charge in [0.2, 0.25) is 5.91 Å². The second-order valence-electron chi connectivity index (χ2n) is 3.85. The van der Waals surface area contributed by atoms with E-state index in [1.807, 2.05) is 0 Å². The minimum Gasteiger partial charge on any atom is -0.493 e. The Bertz CT molecular complexity index is 506. The van der Waals surface area contributed by atoms with E-state index in [4.69, 9.17) is 9.47 Å². The van der Waals surface area contributed by atoms with Crippen LogP contribution in [0.15, 0.2) is 12.1 Å². The fraction of sp³-hybridized carbons (Fsp3) is 0.364. The molecule has 0 spiro atoms. The molecule has 18 heavy (non-hydrogen) atoms. The van der Waals surface area contributed by atoms with Crippen molar-refractivity contribution < 1.29 is 19.2 Å². The number of methoxy groups -OCH3 is 2. The number of nitrogens with zero attached hydrogens (tertiary/aromatic N) is 1. The first kappa shape index (κ1) is 12.2. The highest BCUT2D eigenvalue weighted by molar-refractivity contribution is 5.84. The van der Waals surface area contributed by atoms with Crippen LogP contribution in [0.3, 0.4) is 0 Å². The molecule has 1 aliphatic heterocycles. The van der Waals surface area contributed by atoms with Crippen molar-refractivity contribution in [3.05, 3.63) is 27.8 Å². The Morgan fingerprint density at radius 2 is 1.89 bits per heavy atom. The Kier molecular flexibility index (Phi) is 3.05. The molecule has 0 bridgehead atoms. The van der Waals surface area contributed by atoms with Crippen LogP contribution < -0.4 is 14.8 Å². The lowest BCUT2D eigenvalue weighted by atomic mass is 9.95. The molecule has 0 saturated carbocycles. The van der Waals surface area contributed by atoms with E-state index in [0.717, 1.165) is 0 Å². The standard InChI is InChI=1S/C11H12N2O5/c1-17-9-3-6(7-4-11(14)12-7)8(13(15)16)5-10(9)18-2/h3,5,7H,4H2,1-2H3,(H,12,14). The average Bonchev–Trinajstić information content (AvgIpc) is 2.33. The van der Waals surface area contributed by atoms with Crippen LogP contribution in [0.2, 0.25) is 0 Å². The van der Waals surface area contributed by atoms with Gasteiger partial charge in [0.1, 0.15) is 0 Å². The molecule has 7 heteroatoms. The van der Waals surface area contributed by atoms with Crippen LogP contribution in [0.25, 0.3) is 0 Å². The van der Waals surface area contributed by atoms with Crippen LogP contribution in [0.4, 0.5) is 5.69 Å². The zero-order chi connectivity index (χ0) is 13.3. The number of rotatable bonds is 4. The molecule has 1 aromatic carbocycles. The van der Waals surface area contributed by atoms with E-state index in [-0.39, 0.29) is 24.1 Å². The van der Waals surface area contributed by atoms with Gasteiger partial charge in [-0.3, -0.25) is 14.9 Å². The Morgan fingerprint density at radius 3 is 2.33 bits per heavy atom. The number of nitro groups is 1. The van der Waals surface area contributed by atoms with Crippen LogP contribution >= 0.6 is 0 Å². The van der Waals surface area contributed by atoms with E-state index >= 15 is 0 Å². The lowest BCUT2D eigenvalue weighted by Gasteiger charge is -2.27. The third-order valence-corrected chi connectivity index (χ3v) is 2.83. The van der Waals surface area contributed by atoms with Gasteiger partial charge in [-0.1, -0.05) is 0 Å². The zero-order valence-electron chi connectivity index (χ0n) is 9.93. The van der Waals surface area contributed by atoms with E-state index in [1.54, 1.807) is 0 Å². The molecule has 1 heterocycles. The summed E-state index contributed by atoms with van der Waals surface area (Å²) < 4.78 is 10.1. The van der Waals surface area contributed by atoms with Gasteiger partial charge in [-0.05, 0) is 6.07 Å². The number of carbonyl (C=O) groups excluding carboxylic acids is 1. The van der Waals surface area contributed by atoms with E-state index in [0.29, 0.717) is 17.1 Å². The van der Waals surface area contributed by atoms with Crippen molar-refractivity contribution in [1.82, 2.24) is 5.32 Å². The molecular weight excluding hydrogens is 240 g/mol. The lowest BCUT2D eigenvalue weighted by molar-refractivity contribution is -0.385. The highest BCUT2D eigenvalue weighted by Gasteiger charge is 2.33. The fourth-order valence-electron chi connectivity index (χ4n) is 1.87. The minimum absolute atomic E-state index is 0.0855. The van der Waals surface area contributed by atoms with Gasteiger partial charge in [0, 0.05) is 0 Å². The summed E-state index contributed by atoms with van der Waals surface area (Å²) in [6, 6.07) is 2.50. The van der Waals surface area contributed by atoms with Crippen LogP contribution in [-0.2, 0) is 4.79 Å². The van der Waals surface area contributed by atoms with Gasteiger partial charge in [-0.25, -0.2) is 0 Å². The predicted octanol–water partition coefficient (Wildman–Crippen LogP) is 1.17. The third-order valence-electron chi connectivity index (χ3n) is 2.83. The highest BCUT2D eigenvalue weighted by Crippen LogP contribution is 2.39. The normalized spacial score (nSPS) is 17.7. The molecule has 1 saturated heterocycles. The molecule has 1 aliphatic rings. The smallest absolute Gasteiger partial charge is 0.278 e. The number of nitrogens with one attached hydrogen (secondary N) is 1. The first-order valence-electron chi connectivity index (χ1n) is 5.26. The first-order valence-corrected chi connectivity index (χ1v) is 5.26. The van der Waals surface area contributed by atoms with Crippen molar-refractivity contribution in [2.24, 2.45) is 0 Å². The first-order chi connectivity index (χ1) is 8.56. The Morgan fingerprint density at radius 1 is 1.33 bits per heavy atom. The number of ether oxygens (including phenoxy) is 2. The molecule has 1 amide bonds. The minimum atomic E-state index is -0.498. The highest BCUT2D eigenvalue weighted by atomic mass is 16.6. The molecule has 1 aromatic rings. The van der Waals surface area contributed by atoms with Crippen LogP contribution in [0.1, 0.15) is 18.0 Å². The van der Waals surface area contributed by atoms with Gasteiger partial charge in [0.15, 0.2) is 11.5 Å². The van der Waals surface area contributed by atoms with E-state index in [2.05, 4.69) is 5.32 Å². The monoisotopic (exact) mass is 252 g/mol. The largest absolute Gasteiger partial charge is 0.493 e. The fourth-order valence-corrected chi connectivity index (χ4v) is 1.87. The number of amides is 1. The molecule has 1 fully saturated rings. The van der Waals surface area contributed by atoms with Crippen molar-refractivity contribution in [3.8, 4) is 11.5 Å². The number of β-lactam (4-membered cyclic amide) rings is 1. The number of nitro benzene ring substituents is 1. The summed E-state index contributed by atoms with van der Waals surface area (Å²) in [7, 11) is 2.86. The van der Waals surface area contributed by atoms with Gasteiger partial charge in [0.25, 0.3) is 5.69 Å². The SMILES string of the molecule is COc1cc(C2CC(=O)N2)c([N+](=O)[O-])cc1OC. The maximum atomic E-state index is 11.0. The molecule has 96 valence electrons. The van der Waals surface area contributed by atoms with E-state index < -0.39 is 4.92 Å². The molecule has 7 nitrogen and oxygen atoms in total. The topological polar surface area (TPSA) is 90.7 Å². The van der Waals surface area contributed by atoms with Crippen LogP contribution in [-0.4, -0.2) is 25.1 Å². The maximum Gasteiger partial charge on any atom is 0.278 e. The van der Waals surface area contributed by atoms with Crippen LogP contribution in [0, 0.1) is 10.1 Å². The average molecular weight is 252 g/mol. The lowest BCUT2D eigenvalue weighted by Crippen LogP contribution is -2.41. The van der Waals surface area contributed by atoms with Gasteiger partial charge in [-0.2, -0.15) is 0 Å². The molecule has 2 rings (SSSR count). The predicted molar refractivity (Wildman–Crippen MR) is 61.7 cm³/mol. The van der Waals surface area contributed by atoms with Crippen molar-refractivity contribution >= 4 is 11.6 Å². The van der Waals surface area contributed by atoms with E-state index in [9.17, 15) is 14.9 Å². The zero-order valence-corrected chi connectivity index (χ0v) is 9.93. The Labute approximate surface area is 103 Å². The summed E-state index contributed by atoms with van der Waals surface area (Å²) in [6.07, 6.45) is 0.246. The summed E-state index contributed by atoms with van der Waals surface area (Å²) >= 11 is 0. The second-order valence-corrected chi connectivity index (χ2v) is 3.85. The number of carbonyl (C=O) groups is 1. The second kappa shape index (κ2) is 4.52. The number of hydrogen-bond donors (Lipinski definition) is 1. The Hall–Kier alpha value is -2.31. The van der Waals surface area contributed by atoms with Gasteiger partial charge < -0.3 is 14.8 Å². The molecule has 1 unspecified atom stereocenters. The Balaban J connectivity index is 2.48. The molecule has 1 atom stereocenters. The number of benzene rings is 1. The summed E-state index contributed by atoms with van der Waals surface area (Å²) in [5.74, 6) is 0.571. The molecule has 1 N–H and O–H groups in total. The summed E-state index contributed by atoms with van der Waals surface area (Å²) in [5, 5.41) is 13.6. The maximum absolute atomic E-state index is 11.0. The molecule has 0 aromatic heterocycles. The number of hydrogen-bond acceptors (Lipinski definition) is 5. The van der Waals surface area contributed by atoms with E-state index in [1.165, 1.54) is 26.4 Å². The van der Waals surface area contributed by atoms with Gasteiger partial charge in [0.05, 0.1) is 43.2 Å². The summed E-state index contributed by atoms with van der Waals surface area (Å²) in [4.78, 5) is 21.4. The van der Waals surface area contributed by atoms with Crippen molar-refractivity contribution in [3.63, 3.8) is 0 Å². The van der Waals surface area contributed by atoms with Gasteiger partial charge >= 0.3 is 0 Å². The van der Waals surface area contributed by atoms with Crippen LogP contribution in [0.5, 0.6) is 11.5 Å². The third kappa shape index (κ3) is 1.94. The molecule has 0 radical (unpaired) electrons. The summed E-state index contributed by atoms with van der Waals surface area (Å²) in [6.45, 7) is 0. The molecular formula is C11H12N2O5. The summed E-state index contributed by atoms with van der Waals surface area (Å²) in [5.41, 5.74) is 0.343. The van der Waals surface area contributed by atoms with Gasteiger partial charge in [-0.15, -0.1) is 0 Å².